The maximum absolute atomic E-state index is 13.2. The number of piperidine rings is 1. The summed E-state index contributed by atoms with van der Waals surface area (Å²) in [6, 6.07) is 11.4. The lowest BCUT2D eigenvalue weighted by molar-refractivity contribution is 0.159. The van der Waals surface area contributed by atoms with Crippen molar-refractivity contribution in [1.82, 2.24) is 25.3 Å². The maximum Gasteiger partial charge on any atom is 0.346 e. The van der Waals surface area contributed by atoms with Crippen LogP contribution in [0.25, 0.3) is 11.3 Å². The first-order chi connectivity index (χ1) is 16.6. The fourth-order valence-corrected chi connectivity index (χ4v) is 4.50. The number of rotatable bonds is 7. The number of nitrogens with zero attached hydrogens (tertiary/aromatic N) is 4. The highest BCUT2D eigenvalue weighted by atomic mass is 16.5. The SMILES string of the molecule is COc1cccc(-c2cc(CNC(=O)N(C3CC3)[C@@H]3CCCN(c4ccnc(=O)[nH]4)C3)on2)c1. The average molecular weight is 465 g/mol. The Bertz CT molecular complexity index is 1200. The van der Waals surface area contributed by atoms with Gasteiger partial charge in [0.05, 0.1) is 19.7 Å². The molecule has 5 rings (SSSR count). The van der Waals surface area contributed by atoms with Gasteiger partial charge in [-0.15, -0.1) is 0 Å². The zero-order chi connectivity index (χ0) is 23.5. The number of nitrogens with one attached hydrogen (secondary N) is 2. The Kier molecular flexibility index (Phi) is 6.20. The molecule has 10 heteroatoms. The van der Waals surface area contributed by atoms with Crippen molar-refractivity contribution < 1.29 is 14.1 Å². The van der Waals surface area contributed by atoms with Gasteiger partial charge in [-0.25, -0.2) is 14.6 Å². The summed E-state index contributed by atoms with van der Waals surface area (Å²) in [6.07, 6.45) is 5.41. The van der Waals surface area contributed by atoms with Gasteiger partial charge in [0.2, 0.25) is 0 Å². The summed E-state index contributed by atoms with van der Waals surface area (Å²) in [5.74, 6) is 2.07. The van der Waals surface area contributed by atoms with Crippen molar-refractivity contribution in [2.45, 2.75) is 44.3 Å². The summed E-state index contributed by atoms with van der Waals surface area (Å²) in [4.78, 5) is 35.4. The number of carbonyl (C=O) groups excluding carboxylic acids is 1. The van der Waals surface area contributed by atoms with E-state index in [1.165, 1.54) is 6.20 Å². The van der Waals surface area contributed by atoms with Gasteiger partial charge in [0.15, 0.2) is 5.76 Å². The maximum atomic E-state index is 13.2. The van der Waals surface area contributed by atoms with Crippen LogP contribution in [0.15, 0.2) is 51.9 Å². The summed E-state index contributed by atoms with van der Waals surface area (Å²) in [7, 11) is 1.62. The molecule has 1 aromatic carbocycles. The van der Waals surface area contributed by atoms with E-state index in [0.717, 1.165) is 49.4 Å². The molecule has 0 radical (unpaired) electrons. The summed E-state index contributed by atoms with van der Waals surface area (Å²) in [5, 5.41) is 7.15. The van der Waals surface area contributed by atoms with Crippen LogP contribution in [-0.4, -0.2) is 58.3 Å². The van der Waals surface area contributed by atoms with Gasteiger partial charge in [0, 0.05) is 37.0 Å². The van der Waals surface area contributed by atoms with Gasteiger partial charge in [-0.2, -0.15) is 0 Å². The van der Waals surface area contributed by atoms with E-state index in [1.807, 2.05) is 35.2 Å². The molecule has 3 heterocycles. The van der Waals surface area contributed by atoms with Crippen LogP contribution in [0.1, 0.15) is 31.4 Å². The Morgan fingerprint density at radius 2 is 2.15 bits per heavy atom. The standard InChI is InChI=1S/C24H28N6O4/c1-33-19-6-2-4-16(12-19)21-13-20(34-28-21)14-26-24(32)30(17-7-8-17)18-5-3-11-29(15-18)22-9-10-25-23(31)27-22/h2,4,6,9-10,12-13,17-18H,3,5,7-8,11,14-15H2,1H3,(H,26,32)(H,25,27,31)/t18-/m1/s1. The van der Waals surface area contributed by atoms with E-state index < -0.39 is 0 Å². The molecule has 1 aliphatic heterocycles. The number of H-pyrrole nitrogens is 1. The first-order valence-electron chi connectivity index (χ1n) is 11.6. The van der Waals surface area contributed by atoms with Crippen molar-refractivity contribution in [3.05, 3.63) is 58.8 Å². The van der Waals surface area contributed by atoms with Gasteiger partial charge in [-0.1, -0.05) is 17.3 Å². The highest BCUT2D eigenvalue weighted by Crippen LogP contribution is 2.32. The van der Waals surface area contributed by atoms with E-state index in [9.17, 15) is 9.59 Å². The molecule has 178 valence electrons. The van der Waals surface area contributed by atoms with E-state index in [0.29, 0.717) is 18.0 Å². The number of hydrogen-bond donors (Lipinski definition) is 2. The minimum absolute atomic E-state index is 0.0694. The number of carbonyl (C=O) groups is 1. The van der Waals surface area contributed by atoms with Crippen molar-refractivity contribution in [3.8, 4) is 17.0 Å². The Hall–Kier alpha value is -3.82. The van der Waals surface area contributed by atoms with E-state index in [-0.39, 0.29) is 30.3 Å². The van der Waals surface area contributed by atoms with Crippen LogP contribution in [0.2, 0.25) is 0 Å². The molecular formula is C24H28N6O4. The molecule has 0 bridgehead atoms. The molecule has 3 aromatic rings. The van der Waals surface area contributed by atoms with Crippen LogP contribution in [0.5, 0.6) is 5.75 Å². The number of methoxy groups -OCH3 is 1. The third-order valence-corrected chi connectivity index (χ3v) is 6.30. The second-order valence-corrected chi connectivity index (χ2v) is 8.71. The third-order valence-electron chi connectivity index (χ3n) is 6.30. The smallest absolute Gasteiger partial charge is 0.346 e. The van der Waals surface area contributed by atoms with Gasteiger partial charge in [0.25, 0.3) is 0 Å². The fraction of sp³-hybridized carbons (Fsp3) is 0.417. The fourth-order valence-electron chi connectivity index (χ4n) is 4.50. The van der Waals surface area contributed by atoms with Gasteiger partial charge in [0.1, 0.15) is 17.3 Å². The monoisotopic (exact) mass is 464 g/mol. The van der Waals surface area contributed by atoms with Crippen LogP contribution in [0, 0.1) is 0 Å². The molecule has 2 aromatic heterocycles. The van der Waals surface area contributed by atoms with Crippen molar-refractivity contribution in [2.75, 3.05) is 25.1 Å². The highest BCUT2D eigenvalue weighted by molar-refractivity contribution is 5.75. The number of aromatic amines is 1. The lowest BCUT2D eigenvalue weighted by Gasteiger charge is -2.40. The third kappa shape index (κ3) is 4.90. The minimum atomic E-state index is -0.364. The normalized spacial score (nSPS) is 17.9. The first kappa shape index (κ1) is 22.0. The molecule has 0 spiro atoms. The molecule has 0 unspecified atom stereocenters. The number of anilines is 1. The Balaban J connectivity index is 1.23. The van der Waals surface area contributed by atoms with Gasteiger partial charge >= 0.3 is 11.7 Å². The summed E-state index contributed by atoms with van der Waals surface area (Å²) < 4.78 is 10.7. The lowest BCUT2D eigenvalue weighted by Crippen LogP contribution is -2.54. The summed E-state index contributed by atoms with van der Waals surface area (Å²) >= 11 is 0. The number of amides is 2. The molecule has 2 amide bonds. The van der Waals surface area contributed by atoms with Gasteiger partial charge < -0.3 is 24.4 Å². The molecular weight excluding hydrogens is 436 g/mol. The van der Waals surface area contributed by atoms with Crippen LogP contribution in [0.3, 0.4) is 0 Å². The molecule has 1 atom stereocenters. The highest BCUT2D eigenvalue weighted by Gasteiger charge is 2.39. The van der Waals surface area contributed by atoms with Crippen LogP contribution < -0.4 is 20.6 Å². The van der Waals surface area contributed by atoms with E-state index in [4.69, 9.17) is 9.26 Å². The zero-order valence-corrected chi connectivity index (χ0v) is 19.1. The Morgan fingerprint density at radius 3 is 2.94 bits per heavy atom. The number of aromatic nitrogens is 3. The average Bonchev–Trinajstić information content (AvgIpc) is 3.58. The second kappa shape index (κ2) is 9.58. The van der Waals surface area contributed by atoms with E-state index in [2.05, 4.69) is 25.3 Å². The van der Waals surface area contributed by atoms with Crippen LogP contribution in [0.4, 0.5) is 10.6 Å². The predicted octanol–water partition coefficient (Wildman–Crippen LogP) is 2.78. The molecule has 1 saturated heterocycles. The van der Waals surface area contributed by atoms with Gasteiger partial charge in [-0.3, -0.25) is 4.98 Å². The largest absolute Gasteiger partial charge is 0.497 e. The predicted molar refractivity (Wildman–Crippen MR) is 126 cm³/mol. The zero-order valence-electron chi connectivity index (χ0n) is 19.1. The molecule has 2 fully saturated rings. The topological polar surface area (TPSA) is 117 Å². The molecule has 1 aliphatic carbocycles. The van der Waals surface area contributed by atoms with Crippen molar-refractivity contribution >= 4 is 11.8 Å². The first-order valence-corrected chi connectivity index (χ1v) is 11.6. The van der Waals surface area contributed by atoms with Gasteiger partial charge in [-0.05, 0) is 43.9 Å². The molecule has 2 aliphatic rings. The second-order valence-electron chi connectivity index (χ2n) is 8.71. The van der Waals surface area contributed by atoms with Crippen molar-refractivity contribution in [2.24, 2.45) is 0 Å². The van der Waals surface area contributed by atoms with Crippen LogP contribution >= 0.6 is 0 Å². The Labute approximate surface area is 196 Å². The van der Waals surface area contributed by atoms with Crippen LogP contribution in [-0.2, 0) is 6.54 Å². The Morgan fingerprint density at radius 1 is 1.26 bits per heavy atom. The van der Waals surface area contributed by atoms with E-state index in [1.54, 1.807) is 13.2 Å². The summed E-state index contributed by atoms with van der Waals surface area (Å²) in [5.41, 5.74) is 1.21. The molecule has 2 N–H and O–H groups in total. The summed E-state index contributed by atoms with van der Waals surface area (Å²) in [6.45, 7) is 1.76. The van der Waals surface area contributed by atoms with Crippen molar-refractivity contribution in [1.29, 1.82) is 0 Å². The quantitative estimate of drug-likeness (QED) is 0.552. The molecule has 10 nitrogen and oxygen atoms in total. The molecule has 1 saturated carbocycles. The number of benzene rings is 1. The lowest BCUT2D eigenvalue weighted by atomic mass is 10.0. The number of ether oxygens (including phenoxy) is 1. The number of urea groups is 1. The van der Waals surface area contributed by atoms with Crippen molar-refractivity contribution in [3.63, 3.8) is 0 Å². The minimum Gasteiger partial charge on any atom is -0.497 e. The molecule has 34 heavy (non-hydrogen) atoms. The number of hydrogen-bond acceptors (Lipinski definition) is 7. The van der Waals surface area contributed by atoms with E-state index >= 15 is 0 Å².